The van der Waals surface area contributed by atoms with Crippen molar-refractivity contribution in [3.05, 3.63) is 65.9 Å². The first-order valence-electron chi connectivity index (χ1n) is 10.7. The lowest BCUT2D eigenvalue weighted by molar-refractivity contribution is -0.145. The third-order valence-electron chi connectivity index (χ3n) is 6.23. The summed E-state index contributed by atoms with van der Waals surface area (Å²) in [6, 6.07) is 18.3. The Morgan fingerprint density at radius 3 is 2.53 bits per heavy atom. The minimum atomic E-state index is -0.341. The van der Waals surface area contributed by atoms with Gasteiger partial charge in [0.1, 0.15) is 11.8 Å². The molecule has 158 valence electrons. The number of nitrogens with zero attached hydrogens (tertiary/aromatic N) is 2. The van der Waals surface area contributed by atoms with Crippen LogP contribution in [0.3, 0.4) is 0 Å². The zero-order valence-corrected chi connectivity index (χ0v) is 18.0. The molecule has 1 fully saturated rings. The van der Waals surface area contributed by atoms with E-state index in [-0.39, 0.29) is 18.1 Å². The molecule has 0 aromatic heterocycles. The predicted molar refractivity (Wildman–Crippen MR) is 120 cm³/mol. The van der Waals surface area contributed by atoms with Gasteiger partial charge in [0.05, 0.1) is 19.8 Å². The van der Waals surface area contributed by atoms with Crippen molar-refractivity contribution in [3.8, 4) is 5.75 Å². The number of para-hydroxylation sites is 1. The maximum absolute atomic E-state index is 13.1. The molecule has 2 atom stereocenters. The highest BCUT2D eigenvalue weighted by Gasteiger charge is 2.43. The molecule has 4 rings (SSSR count). The number of hydrogen-bond acceptors (Lipinski definition) is 5. The zero-order chi connectivity index (χ0) is 21.1. The first-order valence-corrected chi connectivity index (χ1v) is 10.7. The molecule has 0 N–H and O–H groups in total. The van der Waals surface area contributed by atoms with Crippen LogP contribution < -0.4 is 14.5 Å². The summed E-state index contributed by atoms with van der Waals surface area (Å²) < 4.78 is 10.8. The average molecular weight is 407 g/mol. The molecule has 1 saturated carbocycles. The van der Waals surface area contributed by atoms with E-state index in [0.29, 0.717) is 13.0 Å². The number of hydrogen-bond donors (Lipinski definition) is 0. The van der Waals surface area contributed by atoms with E-state index in [0.717, 1.165) is 36.4 Å². The Labute approximate surface area is 178 Å². The minimum Gasteiger partial charge on any atom is -0.497 e. The fourth-order valence-electron chi connectivity index (χ4n) is 4.81. The van der Waals surface area contributed by atoms with Crippen LogP contribution in [0.15, 0.2) is 65.9 Å². The Hall–Kier alpha value is -2.95. The van der Waals surface area contributed by atoms with Gasteiger partial charge in [-0.05, 0) is 68.2 Å². The Kier molecular flexibility index (Phi) is 5.98. The van der Waals surface area contributed by atoms with Crippen molar-refractivity contribution in [2.24, 2.45) is 0 Å². The molecule has 2 aliphatic rings. The van der Waals surface area contributed by atoms with E-state index in [4.69, 9.17) is 9.47 Å². The van der Waals surface area contributed by atoms with E-state index in [1.165, 1.54) is 11.3 Å². The second kappa shape index (κ2) is 8.82. The average Bonchev–Trinajstić information content (AvgIpc) is 3.28. The van der Waals surface area contributed by atoms with Crippen LogP contribution in [0.2, 0.25) is 0 Å². The van der Waals surface area contributed by atoms with Crippen molar-refractivity contribution in [1.82, 2.24) is 0 Å². The summed E-state index contributed by atoms with van der Waals surface area (Å²) in [5.41, 5.74) is 4.88. The Balaban J connectivity index is 1.76. The number of anilines is 2. The number of fused-ring (bicyclic) bond motifs is 1. The van der Waals surface area contributed by atoms with Gasteiger partial charge in [-0.15, -0.1) is 0 Å². The third-order valence-corrected chi connectivity index (χ3v) is 6.23. The van der Waals surface area contributed by atoms with Gasteiger partial charge >= 0.3 is 5.97 Å². The van der Waals surface area contributed by atoms with Gasteiger partial charge in [-0.3, -0.25) is 0 Å². The Bertz CT molecular complexity index is 908. The lowest BCUT2D eigenvalue weighted by Crippen LogP contribution is -2.52. The van der Waals surface area contributed by atoms with Gasteiger partial charge in [0.2, 0.25) is 0 Å². The van der Waals surface area contributed by atoms with Crippen LogP contribution >= 0.6 is 0 Å². The number of carbonyl (C=O) groups is 1. The highest BCUT2D eigenvalue weighted by molar-refractivity contribution is 5.82. The zero-order valence-electron chi connectivity index (χ0n) is 18.0. The summed E-state index contributed by atoms with van der Waals surface area (Å²) in [6.45, 7) is 2.25. The van der Waals surface area contributed by atoms with Crippen molar-refractivity contribution in [2.45, 2.75) is 44.7 Å². The van der Waals surface area contributed by atoms with E-state index in [1.54, 1.807) is 7.11 Å². The van der Waals surface area contributed by atoms with Crippen LogP contribution in [0.25, 0.3) is 0 Å². The molecular weight excluding hydrogens is 376 g/mol. The van der Waals surface area contributed by atoms with Gasteiger partial charge in [-0.25, -0.2) is 4.79 Å². The summed E-state index contributed by atoms with van der Waals surface area (Å²) in [6.07, 6.45) is 3.89. The number of methoxy groups -OCH3 is 1. The standard InChI is InChI=1S/C25H30N2O3/c1-4-30-25(28)24-17-23(26(2)18-9-6-5-7-10-18)21-11-8-12-22(21)27(24)19-13-15-20(29-3)16-14-19/h5-7,9-10,13-16,22,24H,4,8,11-12,17H2,1-3H3/t22-,24-/m1/s1. The molecule has 0 spiro atoms. The molecule has 5 heteroatoms. The van der Waals surface area contributed by atoms with Crippen LogP contribution in [0, 0.1) is 0 Å². The van der Waals surface area contributed by atoms with Gasteiger partial charge in [0.15, 0.2) is 0 Å². The highest BCUT2D eigenvalue weighted by Crippen LogP contribution is 2.43. The molecule has 0 unspecified atom stereocenters. The van der Waals surface area contributed by atoms with Crippen molar-refractivity contribution in [2.75, 3.05) is 30.6 Å². The Morgan fingerprint density at radius 1 is 1.13 bits per heavy atom. The first kappa shape index (κ1) is 20.3. The molecule has 1 aliphatic carbocycles. The maximum atomic E-state index is 13.1. The Morgan fingerprint density at radius 2 is 1.87 bits per heavy atom. The third kappa shape index (κ3) is 3.76. The molecular formula is C25H30N2O3. The van der Waals surface area contributed by atoms with E-state index in [9.17, 15) is 4.79 Å². The number of ether oxygens (including phenoxy) is 2. The van der Waals surface area contributed by atoms with E-state index >= 15 is 0 Å². The second-order valence-electron chi connectivity index (χ2n) is 7.85. The maximum Gasteiger partial charge on any atom is 0.329 e. The summed E-state index contributed by atoms with van der Waals surface area (Å²) in [5, 5.41) is 0. The lowest BCUT2D eigenvalue weighted by Gasteiger charge is -2.44. The van der Waals surface area contributed by atoms with Gasteiger partial charge in [-0.1, -0.05) is 18.2 Å². The molecule has 0 amide bonds. The van der Waals surface area contributed by atoms with Crippen molar-refractivity contribution >= 4 is 17.3 Å². The summed E-state index contributed by atoms with van der Waals surface area (Å²) in [7, 11) is 3.78. The van der Waals surface area contributed by atoms with Crippen molar-refractivity contribution in [1.29, 1.82) is 0 Å². The van der Waals surface area contributed by atoms with E-state index in [2.05, 4.69) is 41.1 Å². The highest BCUT2D eigenvalue weighted by atomic mass is 16.5. The molecule has 0 radical (unpaired) electrons. The monoisotopic (exact) mass is 406 g/mol. The molecule has 0 bridgehead atoms. The van der Waals surface area contributed by atoms with Gasteiger partial charge in [0, 0.05) is 30.5 Å². The largest absolute Gasteiger partial charge is 0.497 e. The first-order chi connectivity index (χ1) is 14.6. The van der Waals surface area contributed by atoms with Crippen LogP contribution in [0.4, 0.5) is 11.4 Å². The normalized spacial score (nSPS) is 20.7. The number of esters is 1. The SMILES string of the molecule is CCOC(=O)[C@H]1CC(N(C)c2ccccc2)=C2CCC[C@H]2N1c1ccc(OC)cc1. The molecule has 2 aromatic carbocycles. The van der Waals surface area contributed by atoms with Crippen LogP contribution in [0.5, 0.6) is 5.75 Å². The number of carbonyl (C=O) groups excluding carboxylic acids is 1. The fourth-order valence-corrected chi connectivity index (χ4v) is 4.81. The van der Waals surface area contributed by atoms with Gasteiger partial charge < -0.3 is 19.3 Å². The number of benzene rings is 2. The van der Waals surface area contributed by atoms with E-state index in [1.807, 2.05) is 37.3 Å². The second-order valence-corrected chi connectivity index (χ2v) is 7.85. The van der Waals surface area contributed by atoms with Crippen molar-refractivity contribution in [3.63, 3.8) is 0 Å². The molecule has 1 aliphatic heterocycles. The van der Waals surface area contributed by atoms with Gasteiger partial charge in [0.25, 0.3) is 0 Å². The van der Waals surface area contributed by atoms with Crippen LogP contribution in [0.1, 0.15) is 32.6 Å². The van der Waals surface area contributed by atoms with Crippen molar-refractivity contribution < 1.29 is 14.3 Å². The summed E-state index contributed by atoms with van der Waals surface area (Å²) >= 11 is 0. The molecule has 0 saturated heterocycles. The lowest BCUT2D eigenvalue weighted by atomic mass is 9.92. The summed E-state index contributed by atoms with van der Waals surface area (Å²) in [4.78, 5) is 17.6. The molecule has 2 aromatic rings. The molecule has 1 heterocycles. The summed E-state index contributed by atoms with van der Waals surface area (Å²) in [5.74, 6) is 0.661. The number of rotatable bonds is 6. The van der Waals surface area contributed by atoms with Gasteiger partial charge in [-0.2, -0.15) is 0 Å². The van der Waals surface area contributed by atoms with E-state index < -0.39 is 0 Å². The predicted octanol–water partition coefficient (Wildman–Crippen LogP) is 4.78. The molecule has 30 heavy (non-hydrogen) atoms. The quantitative estimate of drug-likeness (QED) is 0.646. The fraction of sp³-hybridized carbons (Fsp3) is 0.400. The topological polar surface area (TPSA) is 42.0 Å². The molecule has 5 nitrogen and oxygen atoms in total. The minimum absolute atomic E-state index is 0.154. The van der Waals surface area contributed by atoms with Crippen LogP contribution in [-0.2, 0) is 9.53 Å². The van der Waals surface area contributed by atoms with Crippen LogP contribution in [-0.4, -0.2) is 38.8 Å². The smallest absolute Gasteiger partial charge is 0.329 e.